The molecule has 7 heteroatoms. The van der Waals surface area contributed by atoms with Crippen molar-refractivity contribution in [2.75, 3.05) is 24.3 Å². The van der Waals surface area contributed by atoms with Gasteiger partial charge in [-0.3, -0.25) is 9.59 Å². The number of anilines is 2. The highest BCUT2D eigenvalue weighted by Crippen LogP contribution is 2.23. The third-order valence-electron chi connectivity index (χ3n) is 3.83. The van der Waals surface area contributed by atoms with E-state index in [1.807, 2.05) is 25.8 Å². The van der Waals surface area contributed by atoms with Crippen molar-refractivity contribution in [1.29, 1.82) is 0 Å². The maximum absolute atomic E-state index is 14.2. The van der Waals surface area contributed by atoms with Crippen LogP contribution in [0.4, 0.5) is 15.8 Å². The number of hydrazone groups is 1. The quantitative estimate of drug-likeness (QED) is 0.925. The Kier molecular flexibility index (Phi) is 4.98. The molecule has 1 aromatic rings. The standard InChI is InChI=1S/C16H21FN4O2/c1-10(2)20(3)14-7-5-11(9-12(14)17)18-16(23)13-6-8-15(22)21(4)19-13/h5,7,9-10H,6,8H2,1-4H3,(H,18,23). The second-order valence-corrected chi connectivity index (χ2v) is 5.79. The van der Waals surface area contributed by atoms with Crippen LogP contribution in [0, 0.1) is 5.82 Å². The molecular formula is C16H21FN4O2. The van der Waals surface area contributed by atoms with Gasteiger partial charge in [0.15, 0.2) is 0 Å². The fraction of sp³-hybridized carbons (Fsp3) is 0.438. The monoisotopic (exact) mass is 320 g/mol. The van der Waals surface area contributed by atoms with Crippen molar-refractivity contribution in [3.8, 4) is 0 Å². The van der Waals surface area contributed by atoms with Crippen molar-refractivity contribution in [1.82, 2.24) is 5.01 Å². The second kappa shape index (κ2) is 6.76. The Labute approximate surface area is 134 Å². The van der Waals surface area contributed by atoms with Crippen molar-refractivity contribution < 1.29 is 14.0 Å². The number of benzene rings is 1. The molecule has 23 heavy (non-hydrogen) atoms. The molecule has 0 aliphatic carbocycles. The van der Waals surface area contributed by atoms with Gasteiger partial charge >= 0.3 is 0 Å². The van der Waals surface area contributed by atoms with Crippen LogP contribution in [0.1, 0.15) is 26.7 Å². The molecule has 0 aromatic heterocycles. The molecule has 6 nitrogen and oxygen atoms in total. The summed E-state index contributed by atoms with van der Waals surface area (Å²) in [5.74, 6) is -0.959. The Bertz CT molecular complexity index is 657. The lowest BCUT2D eigenvalue weighted by molar-refractivity contribution is -0.130. The summed E-state index contributed by atoms with van der Waals surface area (Å²) in [5, 5.41) is 7.71. The highest BCUT2D eigenvalue weighted by Gasteiger charge is 2.22. The van der Waals surface area contributed by atoms with Gasteiger partial charge in [-0.25, -0.2) is 9.40 Å². The van der Waals surface area contributed by atoms with Crippen LogP contribution in [-0.4, -0.2) is 42.7 Å². The van der Waals surface area contributed by atoms with Gasteiger partial charge in [0.25, 0.3) is 5.91 Å². The molecule has 1 aliphatic heterocycles. The number of hydrogen-bond acceptors (Lipinski definition) is 4. The predicted octanol–water partition coefficient (Wildman–Crippen LogP) is 2.22. The van der Waals surface area contributed by atoms with Gasteiger partial charge in [0, 0.05) is 38.7 Å². The van der Waals surface area contributed by atoms with Crippen LogP contribution >= 0.6 is 0 Å². The summed E-state index contributed by atoms with van der Waals surface area (Å²) < 4.78 is 14.2. The van der Waals surface area contributed by atoms with Gasteiger partial charge in [-0.15, -0.1) is 0 Å². The molecule has 0 unspecified atom stereocenters. The zero-order valence-corrected chi connectivity index (χ0v) is 13.8. The van der Waals surface area contributed by atoms with E-state index in [2.05, 4.69) is 10.4 Å². The van der Waals surface area contributed by atoms with Gasteiger partial charge < -0.3 is 10.2 Å². The summed E-state index contributed by atoms with van der Waals surface area (Å²) in [6, 6.07) is 4.72. The summed E-state index contributed by atoms with van der Waals surface area (Å²) in [5.41, 5.74) is 1.09. The summed E-state index contributed by atoms with van der Waals surface area (Å²) >= 11 is 0. The average molecular weight is 320 g/mol. The first-order valence-corrected chi connectivity index (χ1v) is 7.47. The SMILES string of the molecule is CC(C)N(C)c1ccc(NC(=O)C2=NN(C)C(=O)CC2)cc1F. The molecule has 2 amide bonds. The molecule has 0 bridgehead atoms. The first kappa shape index (κ1) is 16.9. The molecule has 124 valence electrons. The summed E-state index contributed by atoms with van der Waals surface area (Å²) in [6.45, 7) is 3.93. The average Bonchev–Trinajstić information content (AvgIpc) is 2.49. The molecule has 1 aromatic carbocycles. The Morgan fingerprint density at radius 1 is 1.39 bits per heavy atom. The topological polar surface area (TPSA) is 65.0 Å². The number of hydrogen-bond donors (Lipinski definition) is 1. The van der Waals surface area contributed by atoms with Gasteiger partial charge in [0.1, 0.15) is 11.5 Å². The number of carbonyl (C=O) groups excluding carboxylic acids is 2. The van der Waals surface area contributed by atoms with Crippen LogP contribution in [0.25, 0.3) is 0 Å². The highest BCUT2D eigenvalue weighted by molar-refractivity contribution is 6.43. The van der Waals surface area contributed by atoms with E-state index >= 15 is 0 Å². The molecule has 0 atom stereocenters. The van der Waals surface area contributed by atoms with E-state index in [0.29, 0.717) is 11.4 Å². The second-order valence-electron chi connectivity index (χ2n) is 5.79. The number of nitrogens with zero attached hydrogens (tertiary/aromatic N) is 3. The first-order valence-electron chi connectivity index (χ1n) is 7.47. The van der Waals surface area contributed by atoms with Crippen LogP contribution in [0.15, 0.2) is 23.3 Å². The Hall–Kier alpha value is -2.44. The number of rotatable bonds is 4. The van der Waals surface area contributed by atoms with Crippen LogP contribution < -0.4 is 10.2 Å². The maximum Gasteiger partial charge on any atom is 0.271 e. The van der Waals surface area contributed by atoms with Gasteiger partial charge in [-0.1, -0.05) is 0 Å². The largest absolute Gasteiger partial charge is 0.370 e. The van der Waals surface area contributed by atoms with Crippen molar-refractivity contribution in [2.45, 2.75) is 32.7 Å². The number of nitrogens with one attached hydrogen (secondary N) is 1. The van der Waals surface area contributed by atoms with E-state index < -0.39 is 11.7 Å². The van der Waals surface area contributed by atoms with Crippen LogP contribution in [-0.2, 0) is 9.59 Å². The van der Waals surface area contributed by atoms with Crippen LogP contribution in [0.2, 0.25) is 0 Å². The van der Waals surface area contributed by atoms with Gasteiger partial charge in [0.2, 0.25) is 5.91 Å². The summed E-state index contributed by atoms with van der Waals surface area (Å²) in [4.78, 5) is 25.3. The molecule has 0 saturated carbocycles. The van der Waals surface area contributed by atoms with Crippen molar-refractivity contribution >= 4 is 28.9 Å². The zero-order valence-electron chi connectivity index (χ0n) is 13.8. The summed E-state index contributed by atoms with van der Waals surface area (Å²) in [7, 11) is 3.32. The predicted molar refractivity (Wildman–Crippen MR) is 88.0 cm³/mol. The fourth-order valence-electron chi connectivity index (χ4n) is 2.19. The molecule has 0 fully saturated rings. The van der Waals surface area contributed by atoms with Gasteiger partial charge in [-0.05, 0) is 32.0 Å². The molecule has 1 N–H and O–H groups in total. The van der Waals surface area contributed by atoms with Crippen molar-refractivity contribution in [3.63, 3.8) is 0 Å². The lowest BCUT2D eigenvalue weighted by Crippen LogP contribution is -2.34. The molecular weight excluding hydrogens is 299 g/mol. The minimum absolute atomic E-state index is 0.131. The summed E-state index contributed by atoms with van der Waals surface area (Å²) in [6.07, 6.45) is 0.529. The molecule has 0 spiro atoms. The van der Waals surface area contributed by atoms with Gasteiger partial charge in [-0.2, -0.15) is 5.10 Å². The third-order valence-corrected chi connectivity index (χ3v) is 3.83. The molecule has 0 radical (unpaired) electrons. The number of carbonyl (C=O) groups is 2. The lowest BCUT2D eigenvalue weighted by Gasteiger charge is -2.24. The minimum atomic E-state index is -0.422. The Morgan fingerprint density at radius 2 is 2.09 bits per heavy atom. The molecule has 2 rings (SSSR count). The molecule has 1 aliphatic rings. The smallest absolute Gasteiger partial charge is 0.271 e. The molecule has 0 saturated heterocycles. The Morgan fingerprint density at radius 3 is 2.65 bits per heavy atom. The normalized spacial score (nSPS) is 14.8. The van der Waals surface area contributed by atoms with E-state index in [0.717, 1.165) is 5.01 Å². The Balaban J connectivity index is 2.12. The lowest BCUT2D eigenvalue weighted by atomic mass is 10.1. The zero-order chi connectivity index (χ0) is 17.1. The van der Waals surface area contributed by atoms with Gasteiger partial charge in [0.05, 0.1) is 5.69 Å². The van der Waals surface area contributed by atoms with E-state index in [4.69, 9.17) is 0 Å². The van der Waals surface area contributed by atoms with Crippen LogP contribution in [0.3, 0.4) is 0 Å². The van der Waals surface area contributed by atoms with Crippen molar-refractivity contribution in [3.05, 3.63) is 24.0 Å². The van der Waals surface area contributed by atoms with E-state index in [-0.39, 0.29) is 30.5 Å². The number of amides is 2. The minimum Gasteiger partial charge on any atom is -0.370 e. The third kappa shape index (κ3) is 3.85. The van der Waals surface area contributed by atoms with Crippen molar-refractivity contribution in [2.24, 2.45) is 5.10 Å². The van der Waals surface area contributed by atoms with E-state index in [9.17, 15) is 14.0 Å². The fourth-order valence-corrected chi connectivity index (χ4v) is 2.19. The maximum atomic E-state index is 14.2. The van der Waals surface area contributed by atoms with E-state index in [1.165, 1.54) is 13.1 Å². The van der Waals surface area contributed by atoms with E-state index in [1.54, 1.807) is 12.1 Å². The number of halogens is 1. The first-order chi connectivity index (χ1) is 10.8. The highest BCUT2D eigenvalue weighted by atomic mass is 19.1. The van der Waals surface area contributed by atoms with Crippen LogP contribution in [0.5, 0.6) is 0 Å². The molecule has 1 heterocycles.